The zero-order valence-electron chi connectivity index (χ0n) is 14.2. The summed E-state index contributed by atoms with van der Waals surface area (Å²) in [5.74, 6) is 0.874. The van der Waals surface area contributed by atoms with Crippen molar-refractivity contribution in [3.63, 3.8) is 0 Å². The number of nitrogens with one attached hydrogen (secondary N) is 2. The van der Waals surface area contributed by atoms with Crippen LogP contribution in [0, 0.1) is 0 Å². The Bertz CT molecular complexity index is 605. The van der Waals surface area contributed by atoms with Gasteiger partial charge in [-0.05, 0) is 42.5 Å². The molecule has 1 aromatic heterocycles. The highest BCUT2D eigenvalue weighted by atomic mass is 32.1. The van der Waals surface area contributed by atoms with Crippen LogP contribution in [0.2, 0.25) is 0 Å². The van der Waals surface area contributed by atoms with E-state index in [4.69, 9.17) is 0 Å². The standard InChI is InChI=1S/C18H26N4S/c1-4-19-18(20-11-10-17-9-6-12-23-17)21-14-15-7-5-8-16(13-15)22(2)3/h5-9,12-13H,4,10-11,14H2,1-3H3,(H2,19,20,21). The minimum absolute atomic E-state index is 0.677. The van der Waals surface area contributed by atoms with E-state index in [1.807, 2.05) is 0 Å². The first-order chi connectivity index (χ1) is 11.2. The van der Waals surface area contributed by atoms with E-state index in [-0.39, 0.29) is 0 Å². The van der Waals surface area contributed by atoms with Crippen molar-refractivity contribution in [2.75, 3.05) is 32.1 Å². The Balaban J connectivity index is 1.91. The van der Waals surface area contributed by atoms with E-state index in [1.165, 1.54) is 16.1 Å². The normalized spacial score (nSPS) is 11.3. The van der Waals surface area contributed by atoms with Gasteiger partial charge in [0.1, 0.15) is 0 Å². The van der Waals surface area contributed by atoms with Gasteiger partial charge in [-0.3, -0.25) is 0 Å². The number of hydrogen-bond donors (Lipinski definition) is 2. The first-order valence-electron chi connectivity index (χ1n) is 8.00. The summed E-state index contributed by atoms with van der Waals surface area (Å²) in [4.78, 5) is 8.19. The predicted molar refractivity (Wildman–Crippen MR) is 102 cm³/mol. The Morgan fingerprint density at radius 3 is 2.74 bits per heavy atom. The lowest BCUT2D eigenvalue weighted by molar-refractivity contribution is 0.804. The van der Waals surface area contributed by atoms with Gasteiger partial charge in [-0.1, -0.05) is 18.2 Å². The molecule has 0 saturated heterocycles. The van der Waals surface area contributed by atoms with Gasteiger partial charge in [-0.25, -0.2) is 4.99 Å². The largest absolute Gasteiger partial charge is 0.378 e. The molecule has 0 fully saturated rings. The van der Waals surface area contributed by atoms with Gasteiger partial charge in [-0.15, -0.1) is 11.3 Å². The molecule has 23 heavy (non-hydrogen) atoms. The maximum Gasteiger partial charge on any atom is 0.191 e. The van der Waals surface area contributed by atoms with E-state index in [0.29, 0.717) is 6.54 Å². The molecule has 0 aliphatic rings. The fourth-order valence-corrected chi connectivity index (χ4v) is 2.91. The molecule has 1 aromatic carbocycles. The predicted octanol–water partition coefficient (Wildman–Crippen LogP) is 3.11. The van der Waals surface area contributed by atoms with Crippen molar-refractivity contribution in [3.8, 4) is 0 Å². The van der Waals surface area contributed by atoms with E-state index in [2.05, 4.69) is 83.3 Å². The van der Waals surface area contributed by atoms with Crippen molar-refractivity contribution in [1.82, 2.24) is 10.6 Å². The van der Waals surface area contributed by atoms with Crippen LogP contribution in [0.4, 0.5) is 5.69 Å². The molecule has 0 unspecified atom stereocenters. The van der Waals surface area contributed by atoms with Crippen LogP contribution in [-0.2, 0) is 13.0 Å². The Morgan fingerprint density at radius 1 is 1.17 bits per heavy atom. The number of nitrogens with zero attached hydrogens (tertiary/aromatic N) is 2. The molecule has 0 atom stereocenters. The van der Waals surface area contributed by atoms with Crippen molar-refractivity contribution >= 4 is 23.0 Å². The van der Waals surface area contributed by atoms with Crippen molar-refractivity contribution in [1.29, 1.82) is 0 Å². The van der Waals surface area contributed by atoms with E-state index in [9.17, 15) is 0 Å². The summed E-state index contributed by atoms with van der Waals surface area (Å²) in [6, 6.07) is 12.7. The van der Waals surface area contributed by atoms with Crippen molar-refractivity contribution < 1.29 is 0 Å². The SMILES string of the molecule is CCNC(=NCc1cccc(N(C)C)c1)NCCc1cccs1. The fourth-order valence-electron chi connectivity index (χ4n) is 2.20. The minimum atomic E-state index is 0.677. The average Bonchev–Trinajstić information content (AvgIpc) is 3.06. The van der Waals surface area contributed by atoms with E-state index in [0.717, 1.165) is 25.5 Å². The minimum Gasteiger partial charge on any atom is -0.378 e. The second-order valence-electron chi connectivity index (χ2n) is 5.52. The maximum atomic E-state index is 4.68. The Hall–Kier alpha value is -2.01. The van der Waals surface area contributed by atoms with Crippen LogP contribution >= 0.6 is 11.3 Å². The van der Waals surface area contributed by atoms with Crippen LogP contribution in [0.25, 0.3) is 0 Å². The zero-order chi connectivity index (χ0) is 16.5. The molecular weight excluding hydrogens is 304 g/mol. The summed E-state index contributed by atoms with van der Waals surface area (Å²) in [5.41, 5.74) is 2.42. The number of anilines is 1. The van der Waals surface area contributed by atoms with E-state index >= 15 is 0 Å². The molecule has 0 radical (unpaired) electrons. The van der Waals surface area contributed by atoms with Crippen LogP contribution in [0.3, 0.4) is 0 Å². The Kier molecular flexibility index (Phi) is 6.94. The molecule has 2 N–H and O–H groups in total. The maximum absolute atomic E-state index is 4.68. The highest BCUT2D eigenvalue weighted by Crippen LogP contribution is 2.14. The van der Waals surface area contributed by atoms with Crippen LogP contribution in [0.5, 0.6) is 0 Å². The van der Waals surface area contributed by atoms with Crippen molar-refractivity contribution in [2.24, 2.45) is 4.99 Å². The van der Waals surface area contributed by atoms with Gasteiger partial charge in [0.05, 0.1) is 6.54 Å². The monoisotopic (exact) mass is 330 g/mol. The molecule has 4 nitrogen and oxygen atoms in total. The fraction of sp³-hybridized carbons (Fsp3) is 0.389. The third-order valence-corrected chi connectivity index (χ3v) is 4.37. The number of rotatable bonds is 7. The van der Waals surface area contributed by atoms with Crippen LogP contribution in [0.15, 0.2) is 46.8 Å². The van der Waals surface area contributed by atoms with Gasteiger partial charge >= 0.3 is 0 Å². The first-order valence-corrected chi connectivity index (χ1v) is 8.88. The van der Waals surface area contributed by atoms with Gasteiger partial charge in [0.2, 0.25) is 0 Å². The second kappa shape index (κ2) is 9.20. The van der Waals surface area contributed by atoms with Gasteiger partial charge in [0.15, 0.2) is 5.96 Å². The third kappa shape index (κ3) is 5.94. The Morgan fingerprint density at radius 2 is 2.04 bits per heavy atom. The highest BCUT2D eigenvalue weighted by molar-refractivity contribution is 7.09. The highest BCUT2D eigenvalue weighted by Gasteiger charge is 2.00. The average molecular weight is 331 g/mol. The molecule has 0 bridgehead atoms. The second-order valence-corrected chi connectivity index (χ2v) is 6.55. The van der Waals surface area contributed by atoms with Gasteiger partial charge < -0.3 is 15.5 Å². The molecule has 0 saturated carbocycles. The van der Waals surface area contributed by atoms with Crippen molar-refractivity contribution in [3.05, 3.63) is 52.2 Å². The van der Waals surface area contributed by atoms with Crippen LogP contribution < -0.4 is 15.5 Å². The van der Waals surface area contributed by atoms with E-state index in [1.54, 1.807) is 11.3 Å². The Labute approximate surface area is 143 Å². The number of aliphatic imine (C=N–C) groups is 1. The number of guanidine groups is 1. The smallest absolute Gasteiger partial charge is 0.191 e. The summed E-state index contributed by atoms with van der Waals surface area (Å²) in [6.07, 6.45) is 1.03. The van der Waals surface area contributed by atoms with Gasteiger partial charge in [0, 0.05) is 37.7 Å². The summed E-state index contributed by atoms with van der Waals surface area (Å²) < 4.78 is 0. The lowest BCUT2D eigenvalue weighted by Crippen LogP contribution is -2.38. The van der Waals surface area contributed by atoms with Gasteiger partial charge in [-0.2, -0.15) is 0 Å². The van der Waals surface area contributed by atoms with Crippen molar-refractivity contribution in [2.45, 2.75) is 19.9 Å². The molecule has 5 heteroatoms. The number of hydrogen-bond acceptors (Lipinski definition) is 3. The quantitative estimate of drug-likeness (QED) is 0.605. The summed E-state index contributed by atoms with van der Waals surface area (Å²) in [6.45, 7) is 4.52. The molecular formula is C18H26N4S. The molecule has 2 aromatic rings. The number of thiophene rings is 1. The summed E-state index contributed by atoms with van der Waals surface area (Å²) in [5, 5.41) is 8.82. The topological polar surface area (TPSA) is 39.7 Å². The summed E-state index contributed by atoms with van der Waals surface area (Å²) in [7, 11) is 4.11. The number of benzene rings is 1. The molecule has 0 aliphatic heterocycles. The summed E-state index contributed by atoms with van der Waals surface area (Å²) >= 11 is 1.80. The van der Waals surface area contributed by atoms with Gasteiger partial charge in [0.25, 0.3) is 0 Å². The lowest BCUT2D eigenvalue weighted by Gasteiger charge is -2.14. The van der Waals surface area contributed by atoms with E-state index < -0.39 is 0 Å². The zero-order valence-corrected chi connectivity index (χ0v) is 15.0. The molecule has 0 amide bonds. The molecule has 2 rings (SSSR count). The molecule has 124 valence electrons. The molecule has 0 spiro atoms. The molecule has 1 heterocycles. The lowest BCUT2D eigenvalue weighted by atomic mass is 10.2. The van der Waals surface area contributed by atoms with Crippen LogP contribution in [-0.4, -0.2) is 33.1 Å². The molecule has 0 aliphatic carbocycles. The van der Waals surface area contributed by atoms with Crippen LogP contribution in [0.1, 0.15) is 17.4 Å². The third-order valence-electron chi connectivity index (χ3n) is 3.43. The first kappa shape index (κ1) is 17.3.